The molecule has 0 fully saturated rings. The molecule has 0 atom stereocenters. The van der Waals surface area contributed by atoms with Gasteiger partial charge in [-0.25, -0.2) is 9.18 Å². The van der Waals surface area contributed by atoms with Gasteiger partial charge in [0.15, 0.2) is 0 Å². The zero-order valence-electron chi connectivity index (χ0n) is 25.2. The lowest BCUT2D eigenvalue weighted by atomic mass is 9.96. The van der Waals surface area contributed by atoms with Crippen LogP contribution in [0.1, 0.15) is 41.5 Å². The first-order chi connectivity index (χ1) is 20.2. The highest BCUT2D eigenvalue weighted by atomic mass is 35.5. The Kier molecular flexibility index (Phi) is 8.33. The van der Waals surface area contributed by atoms with Gasteiger partial charge in [-0.1, -0.05) is 131 Å². The molecule has 0 unspecified atom stereocenters. The molecule has 0 aliphatic rings. The Bertz CT molecular complexity index is 1810. The molecule has 4 nitrogen and oxygen atoms in total. The van der Waals surface area contributed by atoms with Crippen LogP contribution in [0, 0.1) is 11.2 Å². The van der Waals surface area contributed by atoms with E-state index in [1.807, 2.05) is 57.2 Å². The number of halogens is 3. The predicted molar refractivity (Wildman–Crippen MR) is 179 cm³/mol. The quantitative estimate of drug-likeness (QED) is 0.139. The van der Waals surface area contributed by atoms with Crippen molar-refractivity contribution >= 4 is 52.8 Å². The molecule has 1 heterocycles. The largest absolute Gasteiger partial charge is 0.533 e. The minimum atomic E-state index is -3.11. The summed E-state index contributed by atoms with van der Waals surface area (Å²) in [5, 5.41) is 2.62. The Morgan fingerprint density at radius 2 is 1.42 bits per heavy atom. The first kappa shape index (κ1) is 31.0. The van der Waals surface area contributed by atoms with Gasteiger partial charge in [-0.2, -0.15) is 4.98 Å². The third kappa shape index (κ3) is 5.88. The van der Waals surface area contributed by atoms with E-state index >= 15 is 4.39 Å². The molecule has 222 valence electrons. The summed E-state index contributed by atoms with van der Waals surface area (Å²) in [6.45, 7) is 13.0. The molecule has 0 radical (unpaired) electrons. The summed E-state index contributed by atoms with van der Waals surface area (Å²) in [7, 11) is -3.11. The molecule has 43 heavy (non-hydrogen) atoms. The molecule has 0 N–H and O–H groups in total. The van der Waals surface area contributed by atoms with Crippen LogP contribution in [0.4, 0.5) is 4.39 Å². The fraction of sp³-hybridized carbons (Fsp3) is 0.257. The Labute approximate surface area is 263 Å². The number of aromatic nitrogens is 2. The van der Waals surface area contributed by atoms with E-state index in [-0.39, 0.29) is 26.2 Å². The van der Waals surface area contributed by atoms with Gasteiger partial charge in [0, 0.05) is 22.5 Å². The van der Waals surface area contributed by atoms with Gasteiger partial charge in [-0.3, -0.25) is 4.57 Å². The van der Waals surface area contributed by atoms with E-state index in [1.165, 1.54) is 6.07 Å². The van der Waals surface area contributed by atoms with E-state index in [2.05, 4.69) is 50.0 Å². The van der Waals surface area contributed by atoms with Crippen molar-refractivity contribution in [2.75, 3.05) is 0 Å². The Morgan fingerprint density at radius 1 is 0.837 bits per heavy atom. The second kappa shape index (κ2) is 11.6. The topological polar surface area (TPSA) is 44.1 Å². The summed E-state index contributed by atoms with van der Waals surface area (Å²) in [5.74, 6) is -0.109. The highest BCUT2D eigenvalue weighted by Crippen LogP contribution is 2.44. The van der Waals surface area contributed by atoms with Crippen molar-refractivity contribution in [2.45, 2.75) is 53.1 Å². The standard InChI is InChI=1S/C35H35Cl2FN2O2Si/c1-34(2,3)22-40-29-21-25(27(36)20-26(29)32(37)39-33(40)41)31-28(38)18-13-19-30(31)42-43(35(4,5)6,23-14-9-7-10-15-23)24-16-11-8-12-17-24/h7-21H,22H2,1-6H3. The van der Waals surface area contributed by atoms with E-state index in [0.717, 1.165) is 10.4 Å². The zero-order valence-corrected chi connectivity index (χ0v) is 27.7. The first-order valence-corrected chi connectivity index (χ1v) is 16.9. The van der Waals surface area contributed by atoms with Crippen molar-refractivity contribution < 1.29 is 8.82 Å². The number of fused-ring (bicyclic) bond motifs is 1. The summed E-state index contributed by atoms with van der Waals surface area (Å²) < 4.78 is 24.9. The molecule has 0 amide bonds. The lowest BCUT2D eigenvalue weighted by molar-refractivity contribution is 0.342. The lowest BCUT2D eigenvalue weighted by Gasteiger charge is -2.43. The maximum Gasteiger partial charge on any atom is 0.349 e. The second-order valence-corrected chi connectivity index (χ2v) is 18.0. The van der Waals surface area contributed by atoms with Gasteiger partial charge in [-0.05, 0) is 45.1 Å². The molecule has 0 aliphatic heterocycles. The van der Waals surface area contributed by atoms with Gasteiger partial charge in [0.25, 0.3) is 0 Å². The molecular formula is C35H35Cl2FN2O2Si. The molecule has 0 aliphatic carbocycles. The molecule has 5 rings (SSSR count). The van der Waals surface area contributed by atoms with Crippen molar-refractivity contribution in [1.82, 2.24) is 9.55 Å². The molecule has 0 spiro atoms. The SMILES string of the molecule is CC(C)(C)Cn1c(=O)nc(Cl)c2cc(Cl)c(-c3c(F)cccc3O[Si](c3ccccc3)(c3ccccc3)C(C)(C)C)cc21. The van der Waals surface area contributed by atoms with Crippen LogP contribution in [-0.4, -0.2) is 17.9 Å². The van der Waals surface area contributed by atoms with Gasteiger partial charge in [-0.15, -0.1) is 0 Å². The summed E-state index contributed by atoms with van der Waals surface area (Å²) in [6.07, 6.45) is 0. The molecule has 8 heteroatoms. The van der Waals surface area contributed by atoms with Gasteiger partial charge in [0.1, 0.15) is 16.7 Å². The van der Waals surface area contributed by atoms with Crippen LogP contribution in [0.15, 0.2) is 95.8 Å². The van der Waals surface area contributed by atoms with E-state index in [0.29, 0.717) is 28.8 Å². The Balaban J connectivity index is 1.81. The summed E-state index contributed by atoms with van der Waals surface area (Å²) >= 11 is 13.3. The maximum atomic E-state index is 16.1. The average Bonchev–Trinajstić information content (AvgIpc) is 2.94. The number of hydrogen-bond donors (Lipinski definition) is 0. The normalized spacial score (nSPS) is 12.5. The van der Waals surface area contributed by atoms with Crippen molar-refractivity contribution in [1.29, 1.82) is 0 Å². The maximum absolute atomic E-state index is 16.1. The van der Waals surface area contributed by atoms with Crippen LogP contribution in [0.3, 0.4) is 0 Å². The number of benzene rings is 4. The molecule has 4 aromatic carbocycles. The Morgan fingerprint density at radius 3 is 1.95 bits per heavy atom. The minimum Gasteiger partial charge on any atom is -0.533 e. The van der Waals surface area contributed by atoms with E-state index in [9.17, 15) is 4.79 Å². The van der Waals surface area contributed by atoms with Crippen LogP contribution < -0.4 is 20.5 Å². The van der Waals surface area contributed by atoms with Crippen LogP contribution in [0.2, 0.25) is 15.2 Å². The van der Waals surface area contributed by atoms with E-state index in [4.69, 9.17) is 27.6 Å². The summed E-state index contributed by atoms with van der Waals surface area (Å²) in [6, 6.07) is 28.6. The van der Waals surface area contributed by atoms with Crippen LogP contribution >= 0.6 is 23.2 Å². The zero-order chi connectivity index (χ0) is 31.2. The number of hydrogen-bond acceptors (Lipinski definition) is 3. The lowest BCUT2D eigenvalue weighted by Crippen LogP contribution is -2.68. The first-order valence-electron chi connectivity index (χ1n) is 14.2. The average molecular weight is 634 g/mol. The Hall–Kier alpha value is -3.45. The van der Waals surface area contributed by atoms with Crippen LogP contribution in [-0.2, 0) is 6.54 Å². The molecule has 5 aromatic rings. The van der Waals surface area contributed by atoms with Crippen molar-refractivity contribution in [3.8, 4) is 16.9 Å². The number of nitrogens with zero attached hydrogens (tertiary/aromatic N) is 2. The highest BCUT2D eigenvalue weighted by molar-refractivity contribution is 7.00. The van der Waals surface area contributed by atoms with E-state index in [1.54, 1.807) is 28.8 Å². The fourth-order valence-corrected chi connectivity index (χ4v) is 10.7. The van der Waals surface area contributed by atoms with Gasteiger partial charge >= 0.3 is 14.0 Å². The van der Waals surface area contributed by atoms with Crippen molar-refractivity contribution in [3.05, 3.63) is 117 Å². The van der Waals surface area contributed by atoms with Gasteiger partial charge < -0.3 is 4.43 Å². The molecule has 0 bridgehead atoms. The second-order valence-electron chi connectivity index (χ2n) is 13.1. The molecule has 0 saturated carbocycles. The molecule has 0 saturated heterocycles. The smallest absolute Gasteiger partial charge is 0.349 e. The van der Waals surface area contributed by atoms with Crippen molar-refractivity contribution in [3.63, 3.8) is 0 Å². The van der Waals surface area contributed by atoms with Crippen LogP contribution in [0.5, 0.6) is 5.75 Å². The minimum absolute atomic E-state index is 0.0518. The third-order valence-corrected chi connectivity index (χ3v) is 13.1. The van der Waals surface area contributed by atoms with Gasteiger partial charge in [0.2, 0.25) is 0 Å². The predicted octanol–water partition coefficient (Wildman–Crippen LogP) is 8.49. The summed E-state index contributed by atoms with van der Waals surface area (Å²) in [5.41, 5.74) is 0.452. The van der Waals surface area contributed by atoms with Gasteiger partial charge in [0.05, 0.1) is 11.1 Å². The fourth-order valence-electron chi connectivity index (χ4n) is 5.74. The van der Waals surface area contributed by atoms with Crippen LogP contribution in [0.25, 0.3) is 22.0 Å². The third-order valence-electron chi connectivity index (χ3n) is 7.58. The summed E-state index contributed by atoms with van der Waals surface area (Å²) in [4.78, 5) is 17.1. The van der Waals surface area contributed by atoms with E-state index < -0.39 is 19.8 Å². The van der Waals surface area contributed by atoms with Crippen molar-refractivity contribution in [2.24, 2.45) is 5.41 Å². The monoisotopic (exact) mass is 632 g/mol. The number of rotatable bonds is 6. The highest BCUT2D eigenvalue weighted by Gasteiger charge is 2.52. The molecular weight excluding hydrogens is 598 g/mol. The molecule has 1 aromatic heterocycles.